The van der Waals surface area contributed by atoms with Crippen LogP contribution >= 0.6 is 0 Å². The summed E-state index contributed by atoms with van der Waals surface area (Å²) in [7, 11) is 1.20. The second-order valence-electron chi connectivity index (χ2n) is 3.80. The number of benzene rings is 1. The van der Waals surface area contributed by atoms with E-state index in [2.05, 4.69) is 4.74 Å². The number of methoxy groups -OCH3 is 1. The normalized spacial score (nSPS) is 10.7. The lowest BCUT2D eigenvalue weighted by Gasteiger charge is -2.14. The van der Waals surface area contributed by atoms with Crippen LogP contribution in [0, 0.1) is 11.3 Å². The molecule has 0 saturated carbocycles. The Labute approximate surface area is 118 Å². The van der Waals surface area contributed by atoms with Crippen LogP contribution in [0.5, 0.6) is 11.5 Å². The minimum atomic E-state index is -4.89. The van der Waals surface area contributed by atoms with E-state index in [0.717, 1.165) is 12.1 Å². The van der Waals surface area contributed by atoms with E-state index in [9.17, 15) is 18.0 Å². The van der Waals surface area contributed by atoms with Crippen molar-refractivity contribution in [2.45, 2.75) is 19.7 Å². The maximum Gasteiger partial charge on any atom is 0.573 e. The van der Waals surface area contributed by atoms with E-state index in [4.69, 9.17) is 14.7 Å². The lowest BCUT2D eigenvalue weighted by Crippen LogP contribution is -2.18. The largest absolute Gasteiger partial charge is 0.573 e. The first-order chi connectivity index (χ1) is 9.80. The van der Waals surface area contributed by atoms with E-state index < -0.39 is 18.1 Å². The van der Waals surface area contributed by atoms with Gasteiger partial charge in [-0.15, -0.1) is 13.2 Å². The number of nitrogens with zero attached hydrogens (tertiary/aromatic N) is 1. The highest BCUT2D eigenvalue weighted by atomic mass is 19.4. The number of rotatable bonds is 5. The van der Waals surface area contributed by atoms with Gasteiger partial charge >= 0.3 is 12.3 Å². The molecule has 0 aliphatic heterocycles. The third-order valence-corrected chi connectivity index (χ3v) is 2.36. The molecule has 0 bridgehead atoms. The van der Waals surface area contributed by atoms with Gasteiger partial charge in [0.25, 0.3) is 0 Å². The highest BCUT2D eigenvalue weighted by Crippen LogP contribution is 2.32. The predicted octanol–water partition coefficient (Wildman–Crippen LogP) is 2.57. The molecule has 1 rings (SSSR count). The van der Waals surface area contributed by atoms with Crippen LogP contribution in [0.4, 0.5) is 13.2 Å². The average molecular weight is 303 g/mol. The molecule has 0 radical (unpaired) electrons. The number of halogens is 3. The fourth-order valence-electron chi connectivity index (χ4n) is 1.63. The molecule has 0 saturated heterocycles. The number of ether oxygens (including phenoxy) is 3. The van der Waals surface area contributed by atoms with Gasteiger partial charge in [-0.05, 0) is 18.6 Å². The fourth-order valence-corrected chi connectivity index (χ4v) is 1.63. The summed E-state index contributed by atoms with van der Waals surface area (Å²) in [6.45, 7) is 1.71. The SMILES string of the molecule is CCOC(=O)Cc1cc(OC(F)(F)F)cc(OC)c1C#N. The first-order valence-electron chi connectivity index (χ1n) is 5.83. The summed E-state index contributed by atoms with van der Waals surface area (Å²) in [6, 6.07) is 3.68. The smallest absolute Gasteiger partial charge is 0.495 e. The standard InChI is InChI=1S/C13H12F3NO4/c1-3-20-12(18)5-8-4-9(21-13(14,15)16)6-11(19-2)10(8)7-17/h4,6H,3,5H2,1-2H3. The molecule has 0 unspecified atom stereocenters. The third kappa shape index (κ3) is 4.87. The Balaban J connectivity index is 3.22. The summed E-state index contributed by atoms with van der Waals surface area (Å²) >= 11 is 0. The second kappa shape index (κ2) is 6.83. The van der Waals surface area contributed by atoms with Gasteiger partial charge in [-0.2, -0.15) is 5.26 Å². The van der Waals surface area contributed by atoms with E-state index in [0.29, 0.717) is 0 Å². The number of hydrogen-bond acceptors (Lipinski definition) is 5. The lowest BCUT2D eigenvalue weighted by molar-refractivity contribution is -0.274. The maximum atomic E-state index is 12.3. The number of hydrogen-bond donors (Lipinski definition) is 0. The molecule has 8 heteroatoms. The number of alkyl halides is 3. The van der Waals surface area contributed by atoms with Gasteiger partial charge in [0.1, 0.15) is 17.6 Å². The Morgan fingerprint density at radius 1 is 1.38 bits per heavy atom. The Morgan fingerprint density at radius 2 is 2.05 bits per heavy atom. The molecule has 0 aromatic heterocycles. The van der Waals surface area contributed by atoms with Crippen LogP contribution in [0.25, 0.3) is 0 Å². The molecule has 1 aromatic carbocycles. The summed E-state index contributed by atoms with van der Waals surface area (Å²) in [6.07, 6.45) is -5.25. The van der Waals surface area contributed by atoms with Crippen molar-refractivity contribution < 1.29 is 32.2 Å². The van der Waals surface area contributed by atoms with Gasteiger partial charge in [-0.1, -0.05) is 0 Å². The van der Waals surface area contributed by atoms with Gasteiger partial charge in [0.2, 0.25) is 0 Å². The van der Waals surface area contributed by atoms with Gasteiger partial charge < -0.3 is 14.2 Å². The summed E-state index contributed by atoms with van der Waals surface area (Å²) < 4.78 is 50.1. The van der Waals surface area contributed by atoms with E-state index >= 15 is 0 Å². The minimum absolute atomic E-state index is 0.0366. The molecule has 0 spiro atoms. The van der Waals surface area contributed by atoms with Crippen molar-refractivity contribution in [2.24, 2.45) is 0 Å². The predicted molar refractivity (Wildman–Crippen MR) is 64.7 cm³/mol. The van der Waals surface area contributed by atoms with Crippen LogP contribution in [-0.2, 0) is 16.0 Å². The molecular weight excluding hydrogens is 291 g/mol. The molecule has 0 atom stereocenters. The van der Waals surface area contributed by atoms with Gasteiger partial charge in [0, 0.05) is 6.07 Å². The highest BCUT2D eigenvalue weighted by Gasteiger charge is 2.32. The second-order valence-corrected chi connectivity index (χ2v) is 3.80. The number of carbonyl (C=O) groups excluding carboxylic acids is 1. The first kappa shape index (κ1) is 16.6. The number of carbonyl (C=O) groups is 1. The van der Waals surface area contributed by atoms with Crippen LogP contribution in [0.3, 0.4) is 0 Å². The fraction of sp³-hybridized carbons (Fsp3) is 0.385. The molecule has 114 valence electrons. The summed E-state index contributed by atoms with van der Waals surface area (Å²) in [4.78, 5) is 11.4. The Kier molecular flexibility index (Phi) is 5.41. The lowest BCUT2D eigenvalue weighted by atomic mass is 10.0. The van der Waals surface area contributed by atoms with Crippen molar-refractivity contribution in [3.05, 3.63) is 23.3 Å². The van der Waals surface area contributed by atoms with Crippen LogP contribution in [0.15, 0.2) is 12.1 Å². The average Bonchev–Trinajstić information content (AvgIpc) is 2.36. The third-order valence-electron chi connectivity index (χ3n) is 2.36. The number of esters is 1. The van der Waals surface area contributed by atoms with Crippen LogP contribution in [-0.4, -0.2) is 26.0 Å². The van der Waals surface area contributed by atoms with E-state index in [1.807, 2.05) is 0 Å². The van der Waals surface area contributed by atoms with Gasteiger partial charge in [0.05, 0.1) is 25.7 Å². The molecule has 5 nitrogen and oxygen atoms in total. The van der Waals surface area contributed by atoms with E-state index in [-0.39, 0.29) is 29.9 Å². The van der Waals surface area contributed by atoms with Crippen molar-refractivity contribution in [2.75, 3.05) is 13.7 Å². The molecule has 21 heavy (non-hydrogen) atoms. The Hall–Kier alpha value is -2.43. The van der Waals surface area contributed by atoms with Crippen LogP contribution in [0.1, 0.15) is 18.1 Å². The molecule has 1 aromatic rings. The molecular formula is C13H12F3NO4. The zero-order chi connectivity index (χ0) is 16.0. The summed E-state index contributed by atoms with van der Waals surface area (Å²) in [5.41, 5.74) is -0.00497. The van der Waals surface area contributed by atoms with Crippen molar-refractivity contribution in [3.8, 4) is 17.6 Å². The zero-order valence-electron chi connectivity index (χ0n) is 11.3. The molecule has 0 heterocycles. The quantitative estimate of drug-likeness (QED) is 0.782. The first-order valence-corrected chi connectivity index (χ1v) is 5.83. The van der Waals surface area contributed by atoms with Crippen molar-refractivity contribution >= 4 is 5.97 Å². The van der Waals surface area contributed by atoms with E-state index in [1.54, 1.807) is 13.0 Å². The molecule has 0 amide bonds. The highest BCUT2D eigenvalue weighted by molar-refractivity contribution is 5.74. The molecule has 0 aliphatic rings. The topological polar surface area (TPSA) is 68.6 Å². The zero-order valence-corrected chi connectivity index (χ0v) is 11.3. The number of nitriles is 1. The van der Waals surface area contributed by atoms with E-state index in [1.165, 1.54) is 7.11 Å². The van der Waals surface area contributed by atoms with Gasteiger partial charge in [0.15, 0.2) is 0 Å². The molecule has 0 fully saturated rings. The van der Waals surface area contributed by atoms with Crippen molar-refractivity contribution in [1.29, 1.82) is 5.26 Å². The maximum absolute atomic E-state index is 12.3. The van der Waals surface area contributed by atoms with Crippen LogP contribution in [0.2, 0.25) is 0 Å². The van der Waals surface area contributed by atoms with Crippen molar-refractivity contribution in [3.63, 3.8) is 0 Å². The van der Waals surface area contributed by atoms with Crippen molar-refractivity contribution in [1.82, 2.24) is 0 Å². The van der Waals surface area contributed by atoms with Gasteiger partial charge in [-0.3, -0.25) is 4.79 Å². The monoisotopic (exact) mass is 303 g/mol. The summed E-state index contributed by atoms with van der Waals surface area (Å²) in [5, 5.41) is 9.05. The van der Waals surface area contributed by atoms with Crippen LogP contribution < -0.4 is 9.47 Å². The summed E-state index contributed by atoms with van der Waals surface area (Å²) in [5.74, 6) is -1.35. The minimum Gasteiger partial charge on any atom is -0.495 e. The Bertz CT molecular complexity index is 564. The Morgan fingerprint density at radius 3 is 2.52 bits per heavy atom. The molecule has 0 aliphatic carbocycles. The molecule has 0 N–H and O–H groups in total. The van der Waals surface area contributed by atoms with Gasteiger partial charge in [-0.25, -0.2) is 0 Å².